The number of nitrogens with two attached hydrogens (primary N) is 1. The number of hydrogen-bond donors (Lipinski definition) is 2. The minimum atomic E-state index is -5.08. The van der Waals surface area contributed by atoms with E-state index < -0.39 is 23.9 Å². The number of pyridine rings is 1. The zero-order chi connectivity index (χ0) is 28.2. The van der Waals surface area contributed by atoms with Gasteiger partial charge < -0.3 is 15.7 Å². The van der Waals surface area contributed by atoms with Crippen LogP contribution < -0.4 is 16.3 Å². The van der Waals surface area contributed by atoms with Crippen molar-refractivity contribution >= 4 is 17.6 Å². The van der Waals surface area contributed by atoms with Crippen LogP contribution >= 0.6 is 0 Å². The number of rotatable bonds is 5. The van der Waals surface area contributed by atoms with Crippen molar-refractivity contribution in [3.05, 3.63) is 70.4 Å². The highest BCUT2D eigenvalue weighted by atomic mass is 19.4. The van der Waals surface area contributed by atoms with Gasteiger partial charge >= 0.3 is 17.8 Å². The SMILES string of the molecule is CN1C(=O)CCc2cc(-c3cccc(-n4cnn(CC(CN)=C(F)F)c4=O)n3)ccc21.O=C(O)C(F)(F)F. The first-order chi connectivity index (χ1) is 17.8. The Hall–Kier alpha value is -4.40. The number of nitrogens with zero attached hydrogens (tertiary/aromatic N) is 5. The van der Waals surface area contributed by atoms with Crippen LogP contribution in [-0.2, 0) is 22.6 Å². The van der Waals surface area contributed by atoms with Crippen LogP contribution in [0.2, 0.25) is 0 Å². The fourth-order valence-electron chi connectivity index (χ4n) is 3.52. The molecule has 2 aromatic heterocycles. The molecule has 10 nitrogen and oxygen atoms in total. The average molecular weight is 540 g/mol. The Morgan fingerprint density at radius 3 is 2.42 bits per heavy atom. The van der Waals surface area contributed by atoms with E-state index in [0.29, 0.717) is 24.4 Å². The summed E-state index contributed by atoms with van der Waals surface area (Å²) < 4.78 is 59.6. The number of amides is 1. The predicted octanol–water partition coefficient (Wildman–Crippen LogP) is 2.75. The van der Waals surface area contributed by atoms with Gasteiger partial charge in [0.1, 0.15) is 12.1 Å². The number of fused-ring (bicyclic) bond motifs is 1. The fraction of sp³-hybridized carbons (Fsp3) is 0.261. The van der Waals surface area contributed by atoms with Gasteiger partial charge in [-0.2, -0.15) is 27.1 Å². The van der Waals surface area contributed by atoms with Crippen molar-refractivity contribution in [1.29, 1.82) is 0 Å². The Morgan fingerprint density at radius 1 is 1.13 bits per heavy atom. The summed E-state index contributed by atoms with van der Waals surface area (Å²) in [6, 6.07) is 10.9. The number of alkyl halides is 3. The minimum Gasteiger partial charge on any atom is -0.475 e. The minimum absolute atomic E-state index is 0.0806. The summed E-state index contributed by atoms with van der Waals surface area (Å²) in [5.74, 6) is -2.36. The van der Waals surface area contributed by atoms with Gasteiger partial charge in [0.2, 0.25) is 5.91 Å². The zero-order valence-corrected chi connectivity index (χ0v) is 19.7. The summed E-state index contributed by atoms with van der Waals surface area (Å²) in [6.07, 6.45) is -4.65. The van der Waals surface area contributed by atoms with Crippen LogP contribution in [0, 0.1) is 0 Å². The molecule has 0 aliphatic carbocycles. The Labute approximate surface area is 211 Å². The first-order valence-corrected chi connectivity index (χ1v) is 10.9. The molecule has 0 saturated heterocycles. The molecule has 0 fully saturated rings. The third kappa shape index (κ3) is 6.29. The maximum Gasteiger partial charge on any atom is 0.490 e. The van der Waals surface area contributed by atoms with E-state index in [1.165, 1.54) is 10.9 Å². The predicted molar refractivity (Wildman–Crippen MR) is 125 cm³/mol. The maximum atomic E-state index is 12.9. The van der Waals surface area contributed by atoms with E-state index in [0.717, 1.165) is 21.5 Å². The van der Waals surface area contributed by atoms with Crippen molar-refractivity contribution in [2.45, 2.75) is 25.6 Å². The number of carbonyl (C=O) groups is 2. The van der Waals surface area contributed by atoms with Crippen molar-refractivity contribution in [2.75, 3.05) is 18.5 Å². The molecule has 0 spiro atoms. The number of anilines is 1. The lowest BCUT2D eigenvalue weighted by atomic mass is 9.98. The van der Waals surface area contributed by atoms with E-state index >= 15 is 0 Å². The van der Waals surface area contributed by atoms with Crippen molar-refractivity contribution in [2.24, 2.45) is 5.73 Å². The standard InChI is InChI=1S/C21H20F2N6O2.C2HF3O2/c1-27-17-7-5-13(9-14(17)6-8-19(27)30)16-3-2-4-18(26-16)28-12-25-29(21(28)31)11-15(10-24)20(22)23;3-2(4,5)1(6)7/h2-5,7,9,12H,6,8,10-11,24H2,1H3;(H,6,7). The van der Waals surface area contributed by atoms with E-state index in [1.54, 1.807) is 24.1 Å². The number of aryl methyl sites for hydroxylation is 1. The summed E-state index contributed by atoms with van der Waals surface area (Å²) in [4.78, 5) is 39.6. The number of aromatic nitrogens is 4. The van der Waals surface area contributed by atoms with E-state index in [4.69, 9.17) is 15.6 Å². The van der Waals surface area contributed by atoms with Gasteiger partial charge in [0, 0.05) is 36.8 Å². The second-order valence-electron chi connectivity index (χ2n) is 7.99. The fourth-order valence-corrected chi connectivity index (χ4v) is 3.52. The summed E-state index contributed by atoms with van der Waals surface area (Å²) >= 11 is 0. The maximum absolute atomic E-state index is 12.9. The van der Waals surface area contributed by atoms with Gasteiger partial charge in [0.05, 0.1) is 12.2 Å². The van der Waals surface area contributed by atoms with Gasteiger partial charge in [-0.1, -0.05) is 12.1 Å². The van der Waals surface area contributed by atoms with Gasteiger partial charge in [-0.3, -0.25) is 4.79 Å². The molecule has 3 aromatic rings. The summed E-state index contributed by atoms with van der Waals surface area (Å²) in [7, 11) is 1.75. The molecule has 0 atom stereocenters. The third-order valence-electron chi connectivity index (χ3n) is 5.53. The van der Waals surface area contributed by atoms with Crippen LogP contribution in [0.4, 0.5) is 27.6 Å². The monoisotopic (exact) mass is 540 g/mol. The van der Waals surface area contributed by atoms with Crippen LogP contribution in [0.5, 0.6) is 0 Å². The highest BCUT2D eigenvalue weighted by molar-refractivity contribution is 5.96. The summed E-state index contributed by atoms with van der Waals surface area (Å²) in [5.41, 5.74) is 7.77. The van der Waals surface area contributed by atoms with E-state index in [9.17, 15) is 31.5 Å². The number of halogens is 5. The van der Waals surface area contributed by atoms with Gasteiger partial charge in [0.15, 0.2) is 0 Å². The molecule has 0 unspecified atom stereocenters. The normalized spacial score (nSPS) is 12.9. The molecule has 1 aliphatic rings. The summed E-state index contributed by atoms with van der Waals surface area (Å²) in [5, 5.41) is 11.0. The molecule has 0 bridgehead atoms. The molecule has 0 saturated carbocycles. The highest BCUT2D eigenvalue weighted by Crippen LogP contribution is 2.31. The van der Waals surface area contributed by atoms with Crippen LogP contribution in [-0.4, -0.2) is 56.1 Å². The second-order valence-corrected chi connectivity index (χ2v) is 7.99. The quantitative estimate of drug-likeness (QED) is 0.475. The molecular formula is C23H21F5N6O4. The van der Waals surface area contributed by atoms with Gasteiger partial charge in [0.25, 0.3) is 6.08 Å². The number of carboxylic acid groups (broad SMARTS) is 1. The topological polar surface area (TPSA) is 136 Å². The van der Waals surface area contributed by atoms with Crippen LogP contribution in [0.3, 0.4) is 0 Å². The Morgan fingerprint density at radius 2 is 1.82 bits per heavy atom. The van der Waals surface area contributed by atoms with Crippen LogP contribution in [0.15, 0.2) is 59.2 Å². The van der Waals surface area contributed by atoms with Gasteiger partial charge in [-0.05, 0) is 36.2 Å². The van der Waals surface area contributed by atoms with Gasteiger partial charge in [-0.15, -0.1) is 0 Å². The first kappa shape index (κ1) is 28.2. The van der Waals surface area contributed by atoms with Crippen molar-refractivity contribution in [3.63, 3.8) is 0 Å². The zero-order valence-electron chi connectivity index (χ0n) is 19.7. The smallest absolute Gasteiger partial charge is 0.475 e. The molecule has 38 heavy (non-hydrogen) atoms. The van der Waals surface area contributed by atoms with E-state index in [-0.39, 0.29) is 24.6 Å². The van der Waals surface area contributed by atoms with Crippen LogP contribution in [0.25, 0.3) is 17.1 Å². The number of carboxylic acids is 1. The average Bonchev–Trinajstić information content (AvgIpc) is 3.24. The number of aliphatic carboxylic acids is 1. The number of carbonyl (C=O) groups excluding carboxylic acids is 1. The number of benzene rings is 1. The Kier molecular flexibility index (Phi) is 8.40. The molecule has 1 amide bonds. The lowest BCUT2D eigenvalue weighted by Crippen LogP contribution is -2.31. The van der Waals surface area contributed by atoms with Crippen molar-refractivity contribution < 1.29 is 36.6 Å². The molecule has 202 valence electrons. The first-order valence-electron chi connectivity index (χ1n) is 10.9. The molecule has 4 rings (SSSR count). The number of hydrogen-bond acceptors (Lipinski definition) is 6. The van der Waals surface area contributed by atoms with Gasteiger partial charge in [-0.25, -0.2) is 23.8 Å². The Balaban J connectivity index is 0.000000505. The second kappa shape index (κ2) is 11.3. The van der Waals surface area contributed by atoms with Crippen molar-refractivity contribution in [1.82, 2.24) is 19.3 Å². The molecule has 0 radical (unpaired) electrons. The molecular weight excluding hydrogens is 519 g/mol. The lowest BCUT2D eigenvalue weighted by molar-refractivity contribution is -0.192. The Bertz CT molecular complexity index is 1440. The lowest BCUT2D eigenvalue weighted by Gasteiger charge is -2.26. The third-order valence-corrected chi connectivity index (χ3v) is 5.53. The van der Waals surface area contributed by atoms with Crippen molar-refractivity contribution in [3.8, 4) is 17.1 Å². The highest BCUT2D eigenvalue weighted by Gasteiger charge is 2.38. The van der Waals surface area contributed by atoms with Crippen LogP contribution in [0.1, 0.15) is 12.0 Å². The summed E-state index contributed by atoms with van der Waals surface area (Å²) in [6.45, 7) is -0.754. The molecule has 1 aliphatic heterocycles. The van der Waals surface area contributed by atoms with E-state index in [2.05, 4.69) is 10.1 Å². The molecule has 15 heteroatoms. The molecule has 3 heterocycles. The largest absolute Gasteiger partial charge is 0.490 e. The molecule has 3 N–H and O–H groups in total. The van der Waals surface area contributed by atoms with E-state index in [1.807, 2.05) is 24.3 Å². The molecule has 1 aromatic carbocycles.